The molecule has 0 amide bonds. The Kier molecular flexibility index (Phi) is 2.29. The van der Waals surface area contributed by atoms with Crippen LogP contribution in [0.4, 0.5) is 0 Å². The fraction of sp³-hybridized carbons (Fsp3) is 1.00. The predicted octanol–water partition coefficient (Wildman–Crippen LogP) is 2.54. The maximum absolute atomic E-state index is 6.02. The van der Waals surface area contributed by atoms with Gasteiger partial charge in [-0.1, -0.05) is 20.8 Å². The summed E-state index contributed by atoms with van der Waals surface area (Å²) in [5, 5.41) is 3.54. The molecule has 1 N–H and O–H groups in total. The zero-order valence-corrected chi connectivity index (χ0v) is 9.99. The number of nitrogens with one attached hydrogen (secondary N) is 1. The third kappa shape index (κ3) is 1.89. The number of hydrogen-bond acceptors (Lipinski definition) is 2. The molecule has 0 bridgehead atoms. The van der Waals surface area contributed by atoms with Gasteiger partial charge in [-0.05, 0) is 27.7 Å². The summed E-state index contributed by atoms with van der Waals surface area (Å²) in [5.41, 5.74) is 0.112. The molecule has 2 nitrogen and oxygen atoms in total. The van der Waals surface area contributed by atoms with E-state index in [1.165, 1.54) is 0 Å². The number of hydrogen-bond donors (Lipinski definition) is 1. The van der Waals surface area contributed by atoms with Crippen molar-refractivity contribution in [3.05, 3.63) is 0 Å². The van der Waals surface area contributed by atoms with Crippen LogP contribution in [0.3, 0.4) is 0 Å². The van der Waals surface area contributed by atoms with Crippen LogP contribution in [0.2, 0.25) is 0 Å². The molecule has 1 heterocycles. The van der Waals surface area contributed by atoms with Crippen LogP contribution in [0.25, 0.3) is 0 Å². The lowest BCUT2D eigenvalue weighted by Crippen LogP contribution is -2.50. The summed E-state index contributed by atoms with van der Waals surface area (Å²) in [5.74, 6) is 0. The monoisotopic (exact) mass is 185 g/mol. The van der Waals surface area contributed by atoms with Crippen molar-refractivity contribution in [1.82, 2.24) is 5.32 Å². The molecule has 0 spiro atoms. The van der Waals surface area contributed by atoms with E-state index < -0.39 is 0 Å². The standard InChI is InChI=1S/C11H23NO/c1-9(2,3)8-12-10(4,5)11(6,7)13-8/h8,12H,1-7H3. The van der Waals surface area contributed by atoms with E-state index in [0.717, 1.165) is 0 Å². The van der Waals surface area contributed by atoms with Crippen molar-refractivity contribution < 1.29 is 4.74 Å². The van der Waals surface area contributed by atoms with Gasteiger partial charge < -0.3 is 4.74 Å². The van der Waals surface area contributed by atoms with E-state index in [4.69, 9.17) is 4.74 Å². The molecule has 1 fully saturated rings. The highest BCUT2D eigenvalue weighted by Crippen LogP contribution is 2.38. The van der Waals surface area contributed by atoms with Gasteiger partial charge in [-0.3, -0.25) is 5.32 Å². The van der Waals surface area contributed by atoms with Crippen LogP contribution in [0, 0.1) is 5.41 Å². The van der Waals surface area contributed by atoms with E-state index >= 15 is 0 Å². The molecule has 0 radical (unpaired) electrons. The number of rotatable bonds is 0. The van der Waals surface area contributed by atoms with E-state index in [9.17, 15) is 0 Å². The zero-order valence-electron chi connectivity index (χ0n) is 9.99. The van der Waals surface area contributed by atoms with Crippen LogP contribution in [-0.4, -0.2) is 17.4 Å². The molecule has 1 aliphatic rings. The average molecular weight is 185 g/mol. The van der Waals surface area contributed by atoms with E-state index in [2.05, 4.69) is 53.8 Å². The first kappa shape index (κ1) is 11.0. The first-order valence-corrected chi connectivity index (χ1v) is 5.02. The molecule has 13 heavy (non-hydrogen) atoms. The quantitative estimate of drug-likeness (QED) is 0.626. The molecule has 0 saturated carbocycles. The van der Waals surface area contributed by atoms with Gasteiger partial charge in [0.15, 0.2) is 0 Å². The Hall–Kier alpha value is -0.0800. The molecular formula is C11H23NO. The van der Waals surface area contributed by atoms with Gasteiger partial charge in [-0.15, -0.1) is 0 Å². The second kappa shape index (κ2) is 2.71. The van der Waals surface area contributed by atoms with Gasteiger partial charge in [0.05, 0.1) is 5.60 Å². The van der Waals surface area contributed by atoms with Crippen LogP contribution in [0.5, 0.6) is 0 Å². The minimum atomic E-state index is -0.0923. The molecule has 1 saturated heterocycles. The smallest absolute Gasteiger partial charge is 0.114 e. The third-order valence-electron chi connectivity index (χ3n) is 3.20. The summed E-state index contributed by atoms with van der Waals surface area (Å²) in [6, 6.07) is 0. The Morgan fingerprint density at radius 2 is 1.54 bits per heavy atom. The second-order valence-electron chi connectivity index (χ2n) is 6.14. The van der Waals surface area contributed by atoms with Crippen molar-refractivity contribution in [2.75, 3.05) is 0 Å². The maximum Gasteiger partial charge on any atom is 0.114 e. The summed E-state index contributed by atoms with van der Waals surface area (Å²) < 4.78 is 6.02. The van der Waals surface area contributed by atoms with Gasteiger partial charge in [0, 0.05) is 11.0 Å². The maximum atomic E-state index is 6.02. The molecular weight excluding hydrogens is 162 g/mol. The van der Waals surface area contributed by atoms with Crippen molar-refractivity contribution in [3.8, 4) is 0 Å². The topological polar surface area (TPSA) is 21.3 Å². The van der Waals surface area contributed by atoms with Crippen LogP contribution >= 0.6 is 0 Å². The van der Waals surface area contributed by atoms with Crippen molar-refractivity contribution >= 4 is 0 Å². The van der Waals surface area contributed by atoms with Crippen molar-refractivity contribution in [3.63, 3.8) is 0 Å². The molecule has 0 aromatic heterocycles. The van der Waals surface area contributed by atoms with Crippen LogP contribution in [0.15, 0.2) is 0 Å². The Morgan fingerprint density at radius 1 is 1.08 bits per heavy atom. The Bertz CT molecular complexity index is 185. The first-order chi connectivity index (χ1) is 5.56. The summed E-state index contributed by atoms with van der Waals surface area (Å²) in [6.07, 6.45) is 0.150. The highest BCUT2D eigenvalue weighted by Gasteiger charge is 2.50. The lowest BCUT2D eigenvalue weighted by Gasteiger charge is -2.32. The average Bonchev–Trinajstić information content (AvgIpc) is 2.00. The fourth-order valence-corrected chi connectivity index (χ4v) is 1.37. The van der Waals surface area contributed by atoms with Gasteiger partial charge >= 0.3 is 0 Å². The van der Waals surface area contributed by atoms with E-state index in [1.54, 1.807) is 0 Å². The predicted molar refractivity (Wildman–Crippen MR) is 55.6 cm³/mol. The molecule has 2 heteroatoms. The van der Waals surface area contributed by atoms with E-state index in [-0.39, 0.29) is 22.8 Å². The molecule has 0 aromatic carbocycles. The third-order valence-corrected chi connectivity index (χ3v) is 3.20. The highest BCUT2D eigenvalue weighted by molar-refractivity contribution is 5.03. The van der Waals surface area contributed by atoms with Gasteiger partial charge in [0.1, 0.15) is 6.23 Å². The SMILES string of the molecule is CC(C)(C)C1NC(C)(C)C(C)(C)O1. The van der Waals surface area contributed by atoms with Gasteiger partial charge in [0.25, 0.3) is 0 Å². The molecule has 0 aliphatic carbocycles. The second-order valence-corrected chi connectivity index (χ2v) is 6.14. The lowest BCUT2D eigenvalue weighted by molar-refractivity contribution is -0.0738. The Balaban J connectivity index is 2.83. The molecule has 78 valence electrons. The molecule has 1 rings (SSSR count). The number of ether oxygens (including phenoxy) is 1. The summed E-state index contributed by atoms with van der Waals surface area (Å²) in [4.78, 5) is 0. The van der Waals surface area contributed by atoms with Crippen LogP contribution < -0.4 is 5.32 Å². The minimum Gasteiger partial charge on any atom is -0.355 e. The summed E-state index contributed by atoms with van der Waals surface area (Å²) >= 11 is 0. The zero-order chi connectivity index (χ0) is 10.5. The molecule has 1 unspecified atom stereocenters. The normalized spacial score (nSPS) is 32.1. The van der Waals surface area contributed by atoms with Crippen LogP contribution in [-0.2, 0) is 4.74 Å². The molecule has 0 aromatic rings. The van der Waals surface area contributed by atoms with Gasteiger partial charge in [-0.25, -0.2) is 0 Å². The fourth-order valence-electron chi connectivity index (χ4n) is 1.37. The van der Waals surface area contributed by atoms with Gasteiger partial charge in [0.2, 0.25) is 0 Å². The Labute approximate surface area is 82.0 Å². The largest absolute Gasteiger partial charge is 0.355 e. The highest BCUT2D eigenvalue weighted by atomic mass is 16.5. The first-order valence-electron chi connectivity index (χ1n) is 5.02. The minimum absolute atomic E-state index is 0.0466. The van der Waals surface area contributed by atoms with E-state index in [0.29, 0.717) is 0 Å². The van der Waals surface area contributed by atoms with E-state index in [1.807, 2.05) is 0 Å². The van der Waals surface area contributed by atoms with Crippen LogP contribution in [0.1, 0.15) is 48.5 Å². The Morgan fingerprint density at radius 3 is 1.69 bits per heavy atom. The summed E-state index contributed by atoms with van der Waals surface area (Å²) in [7, 11) is 0. The summed E-state index contributed by atoms with van der Waals surface area (Å²) in [6.45, 7) is 15.3. The molecule has 1 atom stereocenters. The van der Waals surface area contributed by atoms with Crippen molar-refractivity contribution in [1.29, 1.82) is 0 Å². The van der Waals surface area contributed by atoms with Crippen molar-refractivity contribution in [2.24, 2.45) is 5.41 Å². The van der Waals surface area contributed by atoms with Crippen molar-refractivity contribution in [2.45, 2.75) is 65.8 Å². The molecule has 1 aliphatic heterocycles. The van der Waals surface area contributed by atoms with Gasteiger partial charge in [-0.2, -0.15) is 0 Å². The lowest BCUT2D eigenvalue weighted by atomic mass is 9.87.